The molecule has 1 aliphatic rings. The SMILES string of the molecule is CCCc1cccc2c1oc1c(N(c3ccc([Si](C)(C)C)cc3)c3ccc4ccc5c6c(ccc3c46)=CCC5N(c3ccc([Si](C)(C)C)cc3)c3cccc4c3oc3c(CCC)cccc34)cccc12. The van der Waals surface area contributed by atoms with Gasteiger partial charge in [-0.3, -0.25) is 0 Å². The minimum Gasteiger partial charge on any atom is -0.454 e. The smallest absolute Gasteiger partial charge is 0.159 e. The van der Waals surface area contributed by atoms with E-state index in [2.05, 4.69) is 227 Å². The van der Waals surface area contributed by atoms with Gasteiger partial charge in [0.15, 0.2) is 11.2 Å². The van der Waals surface area contributed by atoms with Crippen LogP contribution in [0.5, 0.6) is 0 Å². The Labute approximate surface area is 413 Å². The van der Waals surface area contributed by atoms with Gasteiger partial charge in [0.2, 0.25) is 0 Å². The van der Waals surface area contributed by atoms with Crippen LogP contribution >= 0.6 is 0 Å². The molecule has 4 nitrogen and oxygen atoms in total. The second-order valence-corrected chi connectivity index (χ2v) is 31.9. The normalized spacial score (nSPS) is 14.1. The first kappa shape index (κ1) is 44.3. The predicted molar refractivity (Wildman–Crippen MR) is 307 cm³/mol. The lowest BCUT2D eigenvalue weighted by Gasteiger charge is -2.36. The monoisotopic (exact) mass is 946 g/mol. The molecule has 2 heterocycles. The molecule has 0 saturated heterocycles. The molecule has 0 radical (unpaired) electrons. The maximum absolute atomic E-state index is 7.10. The molecule has 70 heavy (non-hydrogen) atoms. The summed E-state index contributed by atoms with van der Waals surface area (Å²) < 4.78 is 14.2. The van der Waals surface area contributed by atoms with Gasteiger partial charge in [-0.25, -0.2) is 0 Å². The van der Waals surface area contributed by atoms with Crippen LogP contribution in [-0.4, -0.2) is 16.1 Å². The Morgan fingerprint density at radius 1 is 0.457 bits per heavy atom. The van der Waals surface area contributed by atoms with E-state index in [-0.39, 0.29) is 6.04 Å². The first-order valence-corrected chi connectivity index (χ1v) is 32.6. The van der Waals surface area contributed by atoms with Crippen LogP contribution in [0.25, 0.3) is 71.5 Å². The third-order valence-electron chi connectivity index (χ3n) is 15.1. The summed E-state index contributed by atoms with van der Waals surface area (Å²) in [4.78, 5) is 5.06. The Morgan fingerprint density at radius 2 is 0.971 bits per heavy atom. The highest BCUT2D eigenvalue weighted by Crippen LogP contribution is 2.49. The fourth-order valence-electron chi connectivity index (χ4n) is 11.6. The highest BCUT2D eigenvalue weighted by Gasteiger charge is 2.31. The van der Waals surface area contributed by atoms with E-state index in [1.165, 1.54) is 70.3 Å². The van der Waals surface area contributed by atoms with Crippen molar-refractivity contribution < 1.29 is 8.83 Å². The van der Waals surface area contributed by atoms with Crippen LogP contribution in [0.2, 0.25) is 39.3 Å². The molecule has 12 rings (SSSR count). The van der Waals surface area contributed by atoms with Gasteiger partial charge in [0.05, 0.1) is 39.3 Å². The Bertz CT molecular complexity index is 3870. The number of furan rings is 2. The maximum Gasteiger partial charge on any atom is 0.159 e. The van der Waals surface area contributed by atoms with E-state index in [1.807, 2.05) is 0 Å². The van der Waals surface area contributed by atoms with E-state index in [9.17, 15) is 0 Å². The van der Waals surface area contributed by atoms with E-state index in [4.69, 9.17) is 8.83 Å². The minimum absolute atomic E-state index is 0.00429. The summed E-state index contributed by atoms with van der Waals surface area (Å²) in [5.74, 6) is 0. The average Bonchev–Trinajstić information content (AvgIpc) is 3.95. The van der Waals surface area contributed by atoms with Crippen LogP contribution in [-0.2, 0) is 12.8 Å². The van der Waals surface area contributed by atoms with Gasteiger partial charge in [-0.1, -0.05) is 198 Å². The van der Waals surface area contributed by atoms with Crippen LogP contribution in [0.3, 0.4) is 0 Å². The lowest BCUT2D eigenvalue weighted by atomic mass is 9.85. The van der Waals surface area contributed by atoms with E-state index in [0.29, 0.717) is 0 Å². The number of rotatable bonds is 12. The fourth-order valence-corrected chi connectivity index (χ4v) is 13.9. The van der Waals surface area contributed by atoms with Crippen molar-refractivity contribution in [3.8, 4) is 0 Å². The molecule has 11 aromatic rings. The number of benzene rings is 9. The van der Waals surface area contributed by atoms with E-state index in [0.717, 1.165) is 88.0 Å². The van der Waals surface area contributed by atoms with Gasteiger partial charge in [-0.15, -0.1) is 0 Å². The second-order valence-electron chi connectivity index (χ2n) is 21.8. The zero-order chi connectivity index (χ0) is 48.1. The summed E-state index contributed by atoms with van der Waals surface area (Å²) in [6, 6.07) is 59.8. The quantitative estimate of drug-likeness (QED) is 0.114. The standard InChI is InChI=1S/C64H62N2O2Si2/c1-9-15-43-17-11-19-49-51-21-13-23-57(63(51)67-61(43)49)65(45-29-33-47(34-30-45)69(3,4)5)55-39-27-41-26-38-54-56(40-28-42-25-37-53(55)59(41)60(42)54)66(46-31-35-48(36-32-46)70(6,7)8)58-24-14-22-52-50-20-12-18-44(16-10-2)62(50)68-64(52)58/h11-14,17-39,56H,9-10,15-16,40H2,1-8H3. The second kappa shape index (κ2) is 16.9. The van der Waals surface area contributed by atoms with E-state index >= 15 is 0 Å². The molecule has 0 N–H and O–H groups in total. The first-order valence-electron chi connectivity index (χ1n) is 25.6. The summed E-state index contributed by atoms with van der Waals surface area (Å²) in [7, 11) is -3.12. The number of aryl methyl sites for hydroxylation is 2. The largest absolute Gasteiger partial charge is 0.454 e. The van der Waals surface area contributed by atoms with Gasteiger partial charge < -0.3 is 18.6 Å². The zero-order valence-corrected chi connectivity index (χ0v) is 43.9. The molecule has 0 spiro atoms. The molecule has 1 unspecified atom stereocenters. The Balaban J connectivity index is 1.09. The molecule has 348 valence electrons. The zero-order valence-electron chi connectivity index (χ0n) is 41.9. The molecule has 0 bridgehead atoms. The third-order valence-corrected chi connectivity index (χ3v) is 19.3. The summed E-state index contributed by atoms with van der Waals surface area (Å²) in [5.41, 5.74) is 13.3. The predicted octanol–water partition coefficient (Wildman–Crippen LogP) is 17.0. The molecule has 0 fully saturated rings. The average molecular weight is 947 g/mol. The van der Waals surface area contributed by atoms with Crippen LogP contribution in [0.15, 0.2) is 167 Å². The first-order chi connectivity index (χ1) is 33.9. The Kier molecular flexibility index (Phi) is 10.7. The van der Waals surface area contributed by atoms with Crippen molar-refractivity contribution >= 4 is 126 Å². The fraction of sp³-hybridized carbons (Fsp3) is 0.219. The highest BCUT2D eigenvalue weighted by molar-refractivity contribution is 6.89. The van der Waals surface area contributed by atoms with Crippen molar-refractivity contribution in [3.05, 3.63) is 180 Å². The lowest BCUT2D eigenvalue weighted by molar-refractivity contribution is 0.653. The van der Waals surface area contributed by atoms with Crippen molar-refractivity contribution in [2.75, 3.05) is 9.80 Å². The molecular weight excluding hydrogens is 885 g/mol. The topological polar surface area (TPSA) is 32.8 Å². The number of anilines is 5. The molecule has 9 aromatic carbocycles. The molecule has 1 aliphatic carbocycles. The van der Waals surface area contributed by atoms with Gasteiger partial charge in [0.1, 0.15) is 11.2 Å². The van der Waals surface area contributed by atoms with Gasteiger partial charge in [0.25, 0.3) is 0 Å². The van der Waals surface area contributed by atoms with Gasteiger partial charge in [-0.2, -0.15) is 0 Å². The van der Waals surface area contributed by atoms with E-state index in [1.54, 1.807) is 0 Å². The number of hydrogen-bond acceptors (Lipinski definition) is 4. The number of para-hydroxylation sites is 4. The molecular formula is C64H62N2O2Si2. The maximum atomic E-state index is 7.10. The molecule has 0 amide bonds. The number of hydrogen-bond donors (Lipinski definition) is 0. The minimum atomic E-state index is -1.56. The van der Waals surface area contributed by atoms with Crippen LogP contribution in [0.1, 0.15) is 55.8 Å². The van der Waals surface area contributed by atoms with Gasteiger partial charge in [0, 0.05) is 38.3 Å². The van der Waals surface area contributed by atoms with Crippen molar-refractivity contribution in [2.24, 2.45) is 0 Å². The summed E-state index contributed by atoms with van der Waals surface area (Å²) in [6.07, 6.45) is 7.42. The number of nitrogens with zero attached hydrogens (tertiary/aromatic N) is 2. The summed E-state index contributed by atoms with van der Waals surface area (Å²) in [6.45, 7) is 19.0. The highest BCUT2D eigenvalue weighted by atomic mass is 28.3. The van der Waals surface area contributed by atoms with E-state index < -0.39 is 16.1 Å². The van der Waals surface area contributed by atoms with Gasteiger partial charge >= 0.3 is 0 Å². The Morgan fingerprint density at radius 3 is 1.54 bits per heavy atom. The molecule has 0 aliphatic heterocycles. The molecule has 6 heteroatoms. The summed E-state index contributed by atoms with van der Waals surface area (Å²) in [5, 5.41) is 13.9. The van der Waals surface area contributed by atoms with Crippen LogP contribution in [0, 0.1) is 0 Å². The lowest BCUT2D eigenvalue weighted by Crippen LogP contribution is -2.37. The van der Waals surface area contributed by atoms with Crippen molar-refractivity contribution in [1.29, 1.82) is 0 Å². The van der Waals surface area contributed by atoms with Crippen molar-refractivity contribution in [1.82, 2.24) is 0 Å². The van der Waals surface area contributed by atoms with Crippen LogP contribution in [0.4, 0.5) is 28.4 Å². The van der Waals surface area contributed by atoms with Crippen molar-refractivity contribution in [3.63, 3.8) is 0 Å². The van der Waals surface area contributed by atoms with Gasteiger partial charge in [-0.05, 0) is 99.8 Å². The van der Waals surface area contributed by atoms with Crippen molar-refractivity contribution in [2.45, 2.75) is 91.3 Å². The summed E-state index contributed by atoms with van der Waals surface area (Å²) >= 11 is 0. The Hall–Kier alpha value is -6.87. The van der Waals surface area contributed by atoms with Crippen LogP contribution < -0.4 is 25.4 Å². The molecule has 1 atom stereocenters. The number of fused-ring (bicyclic) bond motifs is 6. The third kappa shape index (κ3) is 7.21. The molecule has 2 aromatic heterocycles. The molecule has 0 saturated carbocycles.